The van der Waals surface area contributed by atoms with Gasteiger partial charge in [0.1, 0.15) is 18.4 Å². The van der Waals surface area contributed by atoms with E-state index < -0.39 is 34.3 Å². The zero-order chi connectivity index (χ0) is 31.8. The summed E-state index contributed by atoms with van der Waals surface area (Å²) >= 11 is 0. The van der Waals surface area contributed by atoms with Crippen molar-refractivity contribution in [3.63, 3.8) is 0 Å². The summed E-state index contributed by atoms with van der Waals surface area (Å²) in [4.78, 5) is 30.0. The molecule has 9 heteroatoms. The molecule has 1 saturated carbocycles. The SMILES string of the molecule is Cc1ccc(N(CC(=O)N(Cc2ccc(F)cc2)[C@H](Cc2ccccc2)C(=O)NC2CCCC2)S(=O)(=O)c2ccccc2)cc1. The van der Waals surface area contributed by atoms with Crippen molar-refractivity contribution >= 4 is 27.5 Å². The van der Waals surface area contributed by atoms with Gasteiger partial charge < -0.3 is 10.2 Å². The van der Waals surface area contributed by atoms with Crippen molar-refractivity contribution in [3.8, 4) is 0 Å². The molecule has 0 heterocycles. The van der Waals surface area contributed by atoms with Crippen LogP contribution in [0.1, 0.15) is 42.4 Å². The highest BCUT2D eigenvalue weighted by molar-refractivity contribution is 7.92. The van der Waals surface area contributed by atoms with Gasteiger partial charge in [-0.3, -0.25) is 13.9 Å². The predicted octanol–water partition coefficient (Wildman–Crippen LogP) is 6.03. The van der Waals surface area contributed by atoms with E-state index in [1.54, 1.807) is 54.6 Å². The number of hydrogen-bond acceptors (Lipinski definition) is 4. The highest BCUT2D eigenvalue weighted by atomic mass is 32.2. The lowest BCUT2D eigenvalue weighted by molar-refractivity contribution is -0.140. The van der Waals surface area contributed by atoms with Crippen LogP contribution in [0.4, 0.5) is 10.1 Å². The first-order valence-corrected chi connectivity index (χ1v) is 16.7. The highest BCUT2D eigenvalue weighted by Gasteiger charge is 2.35. The largest absolute Gasteiger partial charge is 0.352 e. The van der Waals surface area contributed by atoms with Crippen molar-refractivity contribution in [1.29, 1.82) is 0 Å². The van der Waals surface area contributed by atoms with Crippen molar-refractivity contribution in [2.45, 2.75) is 62.6 Å². The van der Waals surface area contributed by atoms with Crippen LogP contribution in [0, 0.1) is 12.7 Å². The summed E-state index contributed by atoms with van der Waals surface area (Å²) in [5.74, 6) is -1.27. The molecule has 5 rings (SSSR count). The van der Waals surface area contributed by atoms with E-state index in [0.717, 1.165) is 41.1 Å². The quantitative estimate of drug-likeness (QED) is 0.208. The molecule has 2 amide bonds. The van der Waals surface area contributed by atoms with Crippen LogP contribution in [0.2, 0.25) is 0 Å². The second-order valence-electron chi connectivity index (χ2n) is 11.5. The number of sulfonamides is 1. The smallest absolute Gasteiger partial charge is 0.264 e. The summed E-state index contributed by atoms with van der Waals surface area (Å²) in [6.45, 7) is 1.35. The minimum atomic E-state index is -4.16. The number of amides is 2. The van der Waals surface area contributed by atoms with Crippen molar-refractivity contribution < 1.29 is 22.4 Å². The average Bonchev–Trinajstić information content (AvgIpc) is 3.57. The highest BCUT2D eigenvalue weighted by Crippen LogP contribution is 2.26. The monoisotopic (exact) mass is 627 g/mol. The fraction of sp³-hybridized carbons (Fsp3) is 0.278. The first-order valence-electron chi connectivity index (χ1n) is 15.2. The number of carbonyl (C=O) groups is 2. The van der Waals surface area contributed by atoms with Crippen LogP contribution in [0.3, 0.4) is 0 Å². The van der Waals surface area contributed by atoms with E-state index in [0.29, 0.717) is 11.3 Å². The van der Waals surface area contributed by atoms with Crippen molar-refractivity contribution in [3.05, 3.63) is 132 Å². The average molecular weight is 628 g/mol. The van der Waals surface area contributed by atoms with Gasteiger partial charge in [0.25, 0.3) is 10.0 Å². The van der Waals surface area contributed by atoms with Gasteiger partial charge in [-0.25, -0.2) is 12.8 Å². The zero-order valence-electron chi connectivity index (χ0n) is 25.3. The third-order valence-electron chi connectivity index (χ3n) is 8.17. The third kappa shape index (κ3) is 8.16. The van der Waals surface area contributed by atoms with Gasteiger partial charge in [0.05, 0.1) is 10.6 Å². The fourth-order valence-electron chi connectivity index (χ4n) is 5.67. The molecule has 4 aromatic rings. The molecule has 0 saturated heterocycles. The van der Waals surface area contributed by atoms with Crippen LogP contribution in [0.5, 0.6) is 0 Å². The van der Waals surface area contributed by atoms with E-state index in [4.69, 9.17) is 0 Å². The normalized spacial score (nSPS) is 14.1. The van der Waals surface area contributed by atoms with Crippen molar-refractivity contribution in [2.75, 3.05) is 10.8 Å². The van der Waals surface area contributed by atoms with Gasteiger partial charge in [0.15, 0.2) is 0 Å². The van der Waals surface area contributed by atoms with Crippen LogP contribution in [0.25, 0.3) is 0 Å². The minimum absolute atomic E-state index is 0.0121. The molecule has 1 aliphatic rings. The van der Waals surface area contributed by atoms with Gasteiger partial charge in [-0.2, -0.15) is 0 Å². The number of anilines is 1. The molecule has 1 aliphatic carbocycles. The summed E-state index contributed by atoms with van der Waals surface area (Å²) in [6, 6.07) is 29.1. The van der Waals surface area contributed by atoms with Crippen LogP contribution in [-0.2, 0) is 32.6 Å². The first-order chi connectivity index (χ1) is 21.7. The van der Waals surface area contributed by atoms with Crippen molar-refractivity contribution in [2.24, 2.45) is 0 Å². The molecule has 234 valence electrons. The maximum Gasteiger partial charge on any atom is 0.264 e. The second kappa shape index (κ2) is 14.5. The maximum absolute atomic E-state index is 14.5. The Kier molecular flexibility index (Phi) is 10.3. The summed E-state index contributed by atoms with van der Waals surface area (Å²) in [6.07, 6.45) is 4.01. The van der Waals surface area contributed by atoms with Crippen LogP contribution in [0.15, 0.2) is 114 Å². The Morgan fingerprint density at radius 2 is 1.42 bits per heavy atom. The van der Waals surface area contributed by atoms with E-state index in [9.17, 15) is 22.4 Å². The molecular weight excluding hydrogens is 589 g/mol. The summed E-state index contributed by atoms with van der Waals surface area (Å²) < 4.78 is 43.0. The standard InChI is InChI=1S/C36H38FN3O4S/c1-27-16-22-32(23-17-27)40(45(43,44)33-14-6-3-7-15-33)26-35(41)39(25-29-18-20-30(37)21-19-29)34(24-28-10-4-2-5-11-28)36(42)38-31-12-8-9-13-31/h2-7,10-11,14-23,31,34H,8-9,12-13,24-26H2,1H3,(H,38,42)/t34-/m1/s1. The predicted molar refractivity (Wildman–Crippen MR) is 173 cm³/mol. The Hall–Kier alpha value is -4.50. The number of nitrogens with zero attached hydrogens (tertiary/aromatic N) is 2. The van der Waals surface area contributed by atoms with Crippen molar-refractivity contribution in [1.82, 2.24) is 10.2 Å². The van der Waals surface area contributed by atoms with E-state index in [2.05, 4.69) is 5.32 Å². The van der Waals surface area contributed by atoms with Gasteiger partial charge in [0, 0.05) is 19.0 Å². The number of benzene rings is 4. The van der Waals surface area contributed by atoms with E-state index >= 15 is 0 Å². The Morgan fingerprint density at radius 3 is 2.04 bits per heavy atom. The summed E-state index contributed by atoms with van der Waals surface area (Å²) in [5, 5.41) is 3.15. The van der Waals surface area contributed by atoms with E-state index in [-0.39, 0.29) is 29.8 Å². The van der Waals surface area contributed by atoms with Crippen LogP contribution >= 0.6 is 0 Å². The molecule has 7 nitrogen and oxygen atoms in total. The van der Waals surface area contributed by atoms with E-state index in [1.165, 1.54) is 29.2 Å². The Balaban J connectivity index is 1.55. The van der Waals surface area contributed by atoms with Gasteiger partial charge in [-0.05, 0) is 67.3 Å². The molecule has 45 heavy (non-hydrogen) atoms. The maximum atomic E-state index is 14.5. The lowest BCUT2D eigenvalue weighted by atomic mass is 10.0. The fourth-order valence-corrected chi connectivity index (χ4v) is 7.10. The molecule has 1 atom stereocenters. The van der Waals surface area contributed by atoms with Crippen LogP contribution in [-0.4, -0.2) is 43.8 Å². The molecule has 0 unspecified atom stereocenters. The summed E-state index contributed by atoms with van der Waals surface area (Å²) in [5.41, 5.74) is 2.73. The molecule has 0 aromatic heterocycles. The van der Waals surface area contributed by atoms with Gasteiger partial charge >= 0.3 is 0 Å². The number of rotatable bonds is 12. The van der Waals surface area contributed by atoms with E-state index in [1.807, 2.05) is 37.3 Å². The number of hydrogen-bond donors (Lipinski definition) is 1. The molecule has 4 aromatic carbocycles. The molecule has 0 aliphatic heterocycles. The molecular formula is C36H38FN3O4S. The molecule has 1 fully saturated rings. The lowest BCUT2D eigenvalue weighted by Crippen LogP contribution is -2.54. The zero-order valence-corrected chi connectivity index (χ0v) is 26.1. The minimum Gasteiger partial charge on any atom is -0.352 e. The van der Waals surface area contributed by atoms with Gasteiger partial charge in [-0.1, -0.05) is 91.2 Å². The molecule has 0 bridgehead atoms. The number of halogens is 1. The topological polar surface area (TPSA) is 86.8 Å². The van der Waals surface area contributed by atoms with Crippen LogP contribution < -0.4 is 9.62 Å². The number of aryl methyl sites for hydroxylation is 1. The Labute approximate surface area is 264 Å². The molecule has 1 N–H and O–H groups in total. The number of carbonyl (C=O) groups excluding carboxylic acids is 2. The first kappa shape index (κ1) is 31.9. The summed E-state index contributed by atoms with van der Waals surface area (Å²) in [7, 11) is -4.16. The lowest BCUT2D eigenvalue weighted by Gasteiger charge is -2.34. The van der Waals surface area contributed by atoms with Gasteiger partial charge in [-0.15, -0.1) is 0 Å². The Bertz CT molecular complexity index is 1680. The molecule has 0 radical (unpaired) electrons. The Morgan fingerprint density at radius 1 is 0.822 bits per heavy atom. The number of nitrogens with one attached hydrogen (secondary N) is 1. The second-order valence-corrected chi connectivity index (χ2v) is 13.4. The third-order valence-corrected chi connectivity index (χ3v) is 9.96. The van der Waals surface area contributed by atoms with Gasteiger partial charge in [0.2, 0.25) is 11.8 Å². The molecule has 0 spiro atoms.